The van der Waals surface area contributed by atoms with Crippen molar-refractivity contribution in [2.75, 3.05) is 5.75 Å². The molecule has 1 nitrogen and oxygen atoms in total. The lowest BCUT2D eigenvalue weighted by molar-refractivity contribution is -0.129. The Hall–Kier alpha value is -0.260. The summed E-state index contributed by atoms with van der Waals surface area (Å²) in [7, 11) is 0. The van der Waals surface area contributed by atoms with Gasteiger partial charge in [-0.05, 0) is 0 Å². The van der Waals surface area contributed by atoms with Gasteiger partial charge in [0.2, 0.25) is 0 Å². The Morgan fingerprint density at radius 2 is 2.00 bits per heavy atom. The molecule has 0 atom stereocenters. The molecule has 0 aliphatic carbocycles. The van der Waals surface area contributed by atoms with E-state index in [2.05, 4.69) is 0 Å². The maximum Gasteiger partial charge on any atom is 0.308 e. The zero-order valence-electron chi connectivity index (χ0n) is 7.03. The van der Waals surface area contributed by atoms with E-state index in [9.17, 15) is 22.4 Å². The van der Waals surface area contributed by atoms with Gasteiger partial charge in [0.1, 0.15) is 0 Å². The molecular formula is C7H10F4OS. The second-order valence-corrected chi connectivity index (χ2v) is 3.54. The van der Waals surface area contributed by atoms with Crippen molar-refractivity contribution >= 4 is 16.9 Å². The normalized spacial score (nSPS) is 12.2. The zero-order valence-corrected chi connectivity index (χ0v) is 7.84. The Bertz CT molecular complexity index is 172. The van der Waals surface area contributed by atoms with Crippen LogP contribution in [0, 0.1) is 0 Å². The fourth-order valence-corrected chi connectivity index (χ4v) is 1.32. The van der Waals surface area contributed by atoms with Gasteiger partial charge in [-0.3, -0.25) is 4.79 Å². The van der Waals surface area contributed by atoms with Crippen LogP contribution in [0.4, 0.5) is 17.6 Å². The molecule has 0 aromatic heterocycles. The molecule has 0 radical (unpaired) electrons. The van der Waals surface area contributed by atoms with Crippen LogP contribution < -0.4 is 0 Å². The van der Waals surface area contributed by atoms with E-state index < -0.39 is 18.8 Å². The van der Waals surface area contributed by atoms with Gasteiger partial charge in [-0.15, -0.1) is 0 Å². The second-order valence-electron chi connectivity index (χ2n) is 2.39. The van der Waals surface area contributed by atoms with Crippen molar-refractivity contribution in [3.63, 3.8) is 0 Å². The van der Waals surface area contributed by atoms with Crippen LogP contribution in [-0.4, -0.2) is 23.2 Å². The van der Waals surface area contributed by atoms with Crippen LogP contribution in [0.1, 0.15) is 19.8 Å². The highest BCUT2D eigenvalue weighted by atomic mass is 32.2. The third-order valence-electron chi connectivity index (χ3n) is 1.31. The van der Waals surface area contributed by atoms with Gasteiger partial charge >= 0.3 is 12.3 Å². The minimum atomic E-state index is -3.97. The lowest BCUT2D eigenvalue weighted by Crippen LogP contribution is -2.27. The predicted octanol–water partition coefficient (Wildman–Crippen LogP) is 2.95. The summed E-state index contributed by atoms with van der Waals surface area (Å²) < 4.78 is 47.6. The van der Waals surface area contributed by atoms with Crippen molar-refractivity contribution in [2.24, 2.45) is 0 Å². The first kappa shape index (κ1) is 12.7. The van der Waals surface area contributed by atoms with Crippen LogP contribution >= 0.6 is 11.8 Å². The predicted molar refractivity (Wildman–Crippen MR) is 43.3 cm³/mol. The number of hydrogen-bond acceptors (Lipinski definition) is 2. The molecule has 0 fully saturated rings. The van der Waals surface area contributed by atoms with E-state index in [4.69, 9.17) is 0 Å². The van der Waals surface area contributed by atoms with E-state index in [-0.39, 0.29) is 17.3 Å². The number of thioether (sulfide) groups is 1. The molecule has 0 unspecified atom stereocenters. The molecule has 0 saturated carbocycles. The maximum absolute atomic E-state index is 12.2. The molecular weight excluding hydrogens is 208 g/mol. The summed E-state index contributed by atoms with van der Waals surface area (Å²) in [6.45, 7) is 1.58. The van der Waals surface area contributed by atoms with E-state index in [0.717, 1.165) is 0 Å². The van der Waals surface area contributed by atoms with Gasteiger partial charge < -0.3 is 0 Å². The number of rotatable bonds is 5. The largest absolute Gasteiger partial charge is 0.308 e. The molecule has 0 aliphatic rings. The number of hydrogen-bond donors (Lipinski definition) is 0. The monoisotopic (exact) mass is 218 g/mol. The fraction of sp³-hybridized carbons (Fsp3) is 0.857. The third kappa shape index (κ3) is 5.13. The van der Waals surface area contributed by atoms with Gasteiger partial charge in [-0.1, -0.05) is 18.7 Å². The Morgan fingerprint density at radius 3 is 2.38 bits per heavy atom. The van der Waals surface area contributed by atoms with Crippen molar-refractivity contribution in [1.29, 1.82) is 0 Å². The average molecular weight is 218 g/mol. The molecule has 6 heteroatoms. The molecule has 0 heterocycles. The van der Waals surface area contributed by atoms with Gasteiger partial charge in [0.15, 0.2) is 5.12 Å². The fourth-order valence-electron chi connectivity index (χ4n) is 0.512. The standard InChI is InChI=1S/C7H10F4OS/c1-2-5(12)13-4-3-7(10,11)6(8)9/h6H,2-4H2,1H3. The summed E-state index contributed by atoms with van der Waals surface area (Å²) >= 11 is 0.668. The lowest BCUT2D eigenvalue weighted by Gasteiger charge is -2.13. The number of alkyl halides is 4. The number of carbonyl (C=O) groups is 1. The summed E-state index contributed by atoms with van der Waals surface area (Å²) in [5.74, 6) is -4.23. The van der Waals surface area contributed by atoms with Crippen molar-refractivity contribution in [3.8, 4) is 0 Å². The summed E-state index contributed by atoms with van der Waals surface area (Å²) in [5, 5.41) is -0.259. The van der Waals surface area contributed by atoms with Gasteiger partial charge in [-0.25, -0.2) is 17.6 Å². The average Bonchev–Trinajstić information content (AvgIpc) is 2.03. The summed E-state index contributed by atoms with van der Waals surface area (Å²) in [6, 6.07) is 0. The minimum absolute atomic E-state index is 0.227. The quantitative estimate of drug-likeness (QED) is 0.660. The van der Waals surface area contributed by atoms with E-state index in [0.29, 0.717) is 11.8 Å². The highest BCUT2D eigenvalue weighted by Crippen LogP contribution is 2.28. The van der Waals surface area contributed by atoms with Gasteiger partial charge in [-0.2, -0.15) is 0 Å². The highest BCUT2D eigenvalue weighted by molar-refractivity contribution is 8.13. The van der Waals surface area contributed by atoms with Crippen LogP contribution in [-0.2, 0) is 4.79 Å². The summed E-state index contributed by atoms with van der Waals surface area (Å²) in [4.78, 5) is 10.6. The van der Waals surface area contributed by atoms with Crippen LogP contribution in [0.3, 0.4) is 0 Å². The zero-order chi connectivity index (χ0) is 10.5. The smallest absolute Gasteiger partial charge is 0.287 e. The maximum atomic E-state index is 12.2. The van der Waals surface area contributed by atoms with E-state index >= 15 is 0 Å². The van der Waals surface area contributed by atoms with Gasteiger partial charge in [0.25, 0.3) is 0 Å². The molecule has 0 N–H and O–H groups in total. The first-order chi connectivity index (χ1) is 5.90. The molecule has 13 heavy (non-hydrogen) atoms. The van der Waals surface area contributed by atoms with Crippen LogP contribution in [0.5, 0.6) is 0 Å². The molecule has 0 aliphatic heterocycles. The molecule has 0 saturated heterocycles. The molecule has 78 valence electrons. The van der Waals surface area contributed by atoms with E-state index in [1.165, 1.54) is 0 Å². The molecule has 0 aromatic rings. The van der Waals surface area contributed by atoms with E-state index in [1.54, 1.807) is 6.92 Å². The Balaban J connectivity index is 3.70. The van der Waals surface area contributed by atoms with Crippen LogP contribution in [0.25, 0.3) is 0 Å². The van der Waals surface area contributed by atoms with Crippen LogP contribution in [0.2, 0.25) is 0 Å². The van der Waals surface area contributed by atoms with Crippen molar-refractivity contribution < 1.29 is 22.4 Å². The molecule has 0 rings (SSSR count). The first-order valence-corrected chi connectivity index (χ1v) is 4.70. The third-order valence-corrected chi connectivity index (χ3v) is 2.33. The SMILES string of the molecule is CCC(=O)SCCC(F)(F)C(F)F. The Morgan fingerprint density at radius 1 is 1.46 bits per heavy atom. The van der Waals surface area contributed by atoms with Crippen molar-refractivity contribution in [2.45, 2.75) is 32.1 Å². The van der Waals surface area contributed by atoms with Crippen LogP contribution in [0.15, 0.2) is 0 Å². The van der Waals surface area contributed by atoms with Gasteiger partial charge in [0.05, 0.1) is 0 Å². The van der Waals surface area contributed by atoms with Gasteiger partial charge in [0, 0.05) is 18.6 Å². The number of halogens is 4. The molecule has 0 aromatic carbocycles. The summed E-state index contributed by atoms with van der Waals surface area (Å²) in [5.41, 5.74) is 0. The van der Waals surface area contributed by atoms with Crippen molar-refractivity contribution in [1.82, 2.24) is 0 Å². The van der Waals surface area contributed by atoms with Crippen molar-refractivity contribution in [3.05, 3.63) is 0 Å². The molecule has 0 bridgehead atoms. The lowest BCUT2D eigenvalue weighted by atomic mass is 10.3. The topological polar surface area (TPSA) is 17.1 Å². The highest BCUT2D eigenvalue weighted by Gasteiger charge is 2.39. The second kappa shape index (κ2) is 5.47. The van der Waals surface area contributed by atoms with E-state index in [1.807, 2.05) is 0 Å². The Labute approximate surface area is 77.9 Å². The molecule has 0 spiro atoms. The molecule has 0 amide bonds. The number of carbonyl (C=O) groups excluding carboxylic acids is 1. The Kier molecular flexibility index (Phi) is 5.36. The first-order valence-electron chi connectivity index (χ1n) is 3.71. The summed E-state index contributed by atoms with van der Waals surface area (Å²) in [6.07, 6.45) is -4.38. The minimum Gasteiger partial charge on any atom is -0.287 e.